The molecular formula is C21H14N4O4S. The molecule has 9 heteroatoms. The summed E-state index contributed by atoms with van der Waals surface area (Å²) < 4.78 is 2.11. The number of carbonyl (C=O) groups is 1. The number of hydrogen-bond donors (Lipinski definition) is 0. The van der Waals surface area contributed by atoms with Crippen molar-refractivity contribution in [2.45, 2.75) is 0 Å². The molecule has 0 amide bonds. The van der Waals surface area contributed by atoms with Gasteiger partial charge in [0, 0.05) is 24.7 Å². The smallest absolute Gasteiger partial charge is 0.301 e. The van der Waals surface area contributed by atoms with Gasteiger partial charge in [-0.1, -0.05) is 41.7 Å². The number of nitro groups is 1. The third-order valence-corrected chi connectivity index (χ3v) is 5.52. The summed E-state index contributed by atoms with van der Waals surface area (Å²) in [5.41, 5.74) is 1.91. The van der Waals surface area contributed by atoms with Gasteiger partial charge in [-0.15, -0.1) is 5.11 Å². The lowest BCUT2D eigenvalue weighted by Crippen LogP contribution is -2.10. The van der Waals surface area contributed by atoms with E-state index in [1.165, 1.54) is 28.8 Å². The van der Waals surface area contributed by atoms with Gasteiger partial charge in [0.2, 0.25) is 0 Å². The lowest BCUT2D eigenvalue weighted by molar-refractivity contribution is -0.384. The number of azo groups is 1. The van der Waals surface area contributed by atoms with Crippen molar-refractivity contribution in [1.29, 1.82) is 0 Å². The lowest BCUT2D eigenvalue weighted by Gasteiger charge is -2.08. The maximum absolute atomic E-state index is 13.3. The van der Waals surface area contributed by atoms with Crippen LogP contribution in [0.5, 0.6) is 0 Å². The highest BCUT2D eigenvalue weighted by Crippen LogP contribution is 2.33. The first kappa shape index (κ1) is 19.3. The zero-order valence-corrected chi connectivity index (χ0v) is 16.5. The largest absolute Gasteiger partial charge is 0.307 e. The predicted molar refractivity (Wildman–Crippen MR) is 114 cm³/mol. The Morgan fingerprint density at radius 3 is 2.37 bits per heavy atom. The Labute approximate surface area is 173 Å². The Hall–Kier alpha value is -3.98. The van der Waals surface area contributed by atoms with Gasteiger partial charge in [0.05, 0.1) is 32.1 Å². The van der Waals surface area contributed by atoms with Crippen LogP contribution in [-0.4, -0.2) is 15.3 Å². The van der Waals surface area contributed by atoms with Crippen molar-refractivity contribution < 1.29 is 9.72 Å². The van der Waals surface area contributed by atoms with Gasteiger partial charge in [0.25, 0.3) is 5.69 Å². The number of aromatic nitrogens is 1. The van der Waals surface area contributed by atoms with Crippen molar-refractivity contribution in [3.8, 4) is 0 Å². The molecule has 0 N–H and O–H groups in total. The van der Waals surface area contributed by atoms with Crippen LogP contribution >= 0.6 is 11.3 Å². The third-order valence-electron chi connectivity index (χ3n) is 4.52. The van der Waals surface area contributed by atoms with E-state index in [4.69, 9.17) is 0 Å². The van der Waals surface area contributed by atoms with Crippen LogP contribution in [0, 0.1) is 10.1 Å². The topological polar surface area (TPSA) is 107 Å². The number of fused-ring (bicyclic) bond motifs is 1. The number of ketones is 1. The normalized spacial score (nSPS) is 11.2. The number of nitrogens with zero attached hydrogens (tertiary/aromatic N) is 4. The second kappa shape index (κ2) is 7.80. The van der Waals surface area contributed by atoms with Crippen LogP contribution in [0.15, 0.2) is 81.8 Å². The van der Waals surface area contributed by atoms with Crippen molar-refractivity contribution in [2.24, 2.45) is 17.3 Å². The van der Waals surface area contributed by atoms with Crippen LogP contribution in [-0.2, 0) is 7.05 Å². The molecule has 1 aromatic heterocycles. The fourth-order valence-corrected chi connectivity index (χ4v) is 3.91. The highest BCUT2D eigenvalue weighted by atomic mass is 32.1. The molecule has 0 unspecified atom stereocenters. The van der Waals surface area contributed by atoms with Gasteiger partial charge in [-0.3, -0.25) is 19.7 Å². The first-order valence-electron chi connectivity index (χ1n) is 8.84. The maximum atomic E-state index is 13.3. The molecule has 148 valence electrons. The van der Waals surface area contributed by atoms with Gasteiger partial charge in [-0.05, 0) is 24.3 Å². The van der Waals surface area contributed by atoms with E-state index in [9.17, 15) is 19.7 Å². The van der Waals surface area contributed by atoms with Crippen molar-refractivity contribution >= 4 is 44.4 Å². The number of carbonyl (C=O) groups excluding carboxylic acids is 1. The van der Waals surface area contributed by atoms with Crippen molar-refractivity contribution in [2.75, 3.05) is 0 Å². The van der Waals surface area contributed by atoms with E-state index in [0.29, 0.717) is 27.2 Å². The second-order valence-corrected chi connectivity index (χ2v) is 7.40. The Morgan fingerprint density at radius 2 is 1.70 bits per heavy atom. The summed E-state index contributed by atoms with van der Waals surface area (Å²) >= 11 is 1.05. The summed E-state index contributed by atoms with van der Waals surface area (Å²) in [6, 6.07) is 17.7. The van der Waals surface area contributed by atoms with E-state index >= 15 is 0 Å². The molecule has 0 saturated heterocycles. The standard InChI is InChI=1S/C21H14N4O4S/c1-24-19-17(30-21(24)27)12-11-16(18(19)20(26)13-5-3-2-4-6-13)23-22-14-7-9-15(10-8-14)25(28)29/h2-12H,1H3. The molecule has 0 aliphatic rings. The monoisotopic (exact) mass is 418 g/mol. The number of benzene rings is 3. The number of rotatable bonds is 5. The minimum absolute atomic E-state index is 0.0522. The van der Waals surface area contributed by atoms with E-state index in [-0.39, 0.29) is 21.9 Å². The molecule has 0 bridgehead atoms. The molecule has 3 aromatic carbocycles. The zero-order chi connectivity index (χ0) is 21.3. The van der Waals surface area contributed by atoms with Crippen molar-refractivity contribution in [1.82, 2.24) is 4.57 Å². The Morgan fingerprint density at radius 1 is 1.00 bits per heavy atom. The van der Waals surface area contributed by atoms with Crippen LogP contribution in [0.25, 0.3) is 10.2 Å². The van der Waals surface area contributed by atoms with E-state index in [2.05, 4.69) is 10.2 Å². The van der Waals surface area contributed by atoms with Crippen LogP contribution in [0.2, 0.25) is 0 Å². The minimum Gasteiger partial charge on any atom is -0.301 e. The van der Waals surface area contributed by atoms with Gasteiger partial charge in [0.15, 0.2) is 5.78 Å². The van der Waals surface area contributed by atoms with Gasteiger partial charge < -0.3 is 4.57 Å². The molecule has 0 fully saturated rings. The summed E-state index contributed by atoms with van der Waals surface area (Å²) in [7, 11) is 1.61. The van der Waals surface area contributed by atoms with Crippen molar-refractivity contribution in [3.05, 3.63) is 97.6 Å². The number of non-ortho nitro benzene ring substituents is 1. The number of aryl methyl sites for hydroxylation is 1. The third kappa shape index (κ3) is 3.53. The molecule has 1 heterocycles. The van der Waals surface area contributed by atoms with Gasteiger partial charge >= 0.3 is 4.87 Å². The highest BCUT2D eigenvalue weighted by Gasteiger charge is 2.21. The highest BCUT2D eigenvalue weighted by molar-refractivity contribution is 7.16. The van der Waals surface area contributed by atoms with E-state index in [1.807, 2.05) is 6.07 Å². The van der Waals surface area contributed by atoms with Crippen LogP contribution in [0.4, 0.5) is 17.1 Å². The molecule has 0 spiro atoms. The minimum atomic E-state index is -0.497. The van der Waals surface area contributed by atoms with E-state index < -0.39 is 4.92 Å². The molecule has 0 radical (unpaired) electrons. The summed E-state index contributed by atoms with van der Waals surface area (Å²) in [5.74, 6) is -0.271. The number of nitro benzene ring substituents is 1. The summed E-state index contributed by atoms with van der Waals surface area (Å²) in [6.45, 7) is 0. The second-order valence-electron chi connectivity index (χ2n) is 6.40. The molecular weight excluding hydrogens is 404 g/mol. The first-order valence-corrected chi connectivity index (χ1v) is 9.66. The molecule has 4 rings (SSSR count). The average molecular weight is 418 g/mol. The molecule has 0 saturated carbocycles. The van der Waals surface area contributed by atoms with Gasteiger partial charge in [-0.2, -0.15) is 5.11 Å². The SMILES string of the molecule is Cn1c(=O)sc2ccc(N=Nc3ccc([N+](=O)[O-])cc3)c(C(=O)c3ccccc3)c21. The quantitative estimate of drug-likeness (QED) is 0.193. The summed E-state index contributed by atoms with van der Waals surface area (Å²) in [5, 5.41) is 19.1. The zero-order valence-electron chi connectivity index (χ0n) is 15.7. The molecule has 0 aliphatic heterocycles. The lowest BCUT2D eigenvalue weighted by atomic mass is 10.0. The molecule has 0 aliphatic carbocycles. The molecule has 8 nitrogen and oxygen atoms in total. The predicted octanol–water partition coefficient (Wildman–Crippen LogP) is 5.15. The van der Waals surface area contributed by atoms with Crippen LogP contribution in [0.3, 0.4) is 0 Å². The molecule has 0 atom stereocenters. The molecule has 30 heavy (non-hydrogen) atoms. The summed E-state index contributed by atoms with van der Waals surface area (Å²) in [6.07, 6.45) is 0. The van der Waals surface area contributed by atoms with Crippen LogP contribution in [0.1, 0.15) is 15.9 Å². The fourth-order valence-electron chi connectivity index (χ4n) is 3.02. The van der Waals surface area contributed by atoms with E-state index in [0.717, 1.165) is 11.3 Å². The Bertz CT molecular complexity index is 1360. The van der Waals surface area contributed by atoms with Gasteiger partial charge in [-0.25, -0.2) is 0 Å². The Balaban J connectivity index is 1.85. The van der Waals surface area contributed by atoms with Crippen molar-refractivity contribution in [3.63, 3.8) is 0 Å². The van der Waals surface area contributed by atoms with Crippen LogP contribution < -0.4 is 4.87 Å². The maximum Gasteiger partial charge on any atom is 0.307 e. The first-order chi connectivity index (χ1) is 14.5. The number of hydrogen-bond acceptors (Lipinski definition) is 7. The summed E-state index contributed by atoms with van der Waals surface area (Å²) in [4.78, 5) is 35.6. The van der Waals surface area contributed by atoms with E-state index in [1.54, 1.807) is 43.4 Å². The number of thiazole rings is 1. The fraction of sp³-hybridized carbons (Fsp3) is 0.0476. The molecule has 4 aromatic rings. The Kier molecular flexibility index (Phi) is 5.03. The average Bonchev–Trinajstić information content (AvgIpc) is 3.06. The van der Waals surface area contributed by atoms with Gasteiger partial charge in [0.1, 0.15) is 0 Å².